The van der Waals surface area contributed by atoms with Crippen molar-refractivity contribution in [2.24, 2.45) is 5.92 Å². The lowest BCUT2D eigenvalue weighted by Crippen LogP contribution is -2.06. The van der Waals surface area contributed by atoms with Crippen LogP contribution in [0.1, 0.15) is 65.2 Å². The molecule has 1 rings (SSSR count). The number of rotatable bonds is 8. The average Bonchev–Trinajstić information content (AvgIpc) is 2.45. The third-order valence-electron chi connectivity index (χ3n) is 4.05. The van der Waals surface area contributed by atoms with Gasteiger partial charge in [-0.25, -0.2) is 0 Å². The van der Waals surface area contributed by atoms with Gasteiger partial charge in [0, 0.05) is 0 Å². The van der Waals surface area contributed by atoms with Gasteiger partial charge in [0.2, 0.25) is 0 Å². The van der Waals surface area contributed by atoms with E-state index in [1.807, 2.05) is 13.0 Å². The maximum absolute atomic E-state index is 5.32. The van der Waals surface area contributed by atoms with Crippen LogP contribution in [0.15, 0.2) is 48.5 Å². The molecule has 1 aliphatic rings. The zero-order valence-corrected chi connectivity index (χ0v) is 13.3. The van der Waals surface area contributed by atoms with Crippen LogP contribution < -0.4 is 0 Å². The van der Waals surface area contributed by atoms with Gasteiger partial charge < -0.3 is 4.74 Å². The van der Waals surface area contributed by atoms with E-state index in [9.17, 15) is 0 Å². The van der Waals surface area contributed by atoms with Gasteiger partial charge in [0.1, 0.15) is 5.76 Å². The minimum atomic E-state index is 0.859. The molecule has 0 N–H and O–H groups in total. The van der Waals surface area contributed by atoms with Gasteiger partial charge in [-0.3, -0.25) is 0 Å². The fourth-order valence-corrected chi connectivity index (χ4v) is 2.94. The first-order valence-electron chi connectivity index (χ1n) is 7.93. The highest BCUT2D eigenvalue weighted by molar-refractivity contribution is 5.21. The maximum atomic E-state index is 5.32. The summed E-state index contributed by atoms with van der Waals surface area (Å²) in [5.41, 5.74) is 2.65. The summed E-state index contributed by atoms with van der Waals surface area (Å²) in [5.74, 6) is 1.80. The van der Waals surface area contributed by atoms with Gasteiger partial charge in [0.25, 0.3) is 0 Å². The standard InChI is InChI=1S/C19H30O/c1-5-19(20-6-2)15-17(4)14-16(3)12-13-18-10-8-7-9-11-18/h5-6,15,18H,2-3,7-14H2,1,4H3/b17-15+,19-5-. The maximum Gasteiger partial charge on any atom is 0.122 e. The second-order valence-electron chi connectivity index (χ2n) is 5.94. The minimum Gasteiger partial charge on any atom is -0.466 e. The first-order chi connectivity index (χ1) is 9.65. The second kappa shape index (κ2) is 9.63. The quantitative estimate of drug-likeness (QED) is 0.286. The fourth-order valence-electron chi connectivity index (χ4n) is 2.94. The Morgan fingerprint density at radius 1 is 1.25 bits per heavy atom. The predicted molar refractivity (Wildman–Crippen MR) is 88.4 cm³/mol. The van der Waals surface area contributed by atoms with Crippen molar-refractivity contribution < 1.29 is 4.74 Å². The van der Waals surface area contributed by atoms with E-state index >= 15 is 0 Å². The Bertz CT molecular complexity index is 367. The Balaban J connectivity index is 2.33. The summed E-state index contributed by atoms with van der Waals surface area (Å²) in [7, 11) is 0. The van der Waals surface area contributed by atoms with Gasteiger partial charge in [-0.15, -0.1) is 0 Å². The Morgan fingerprint density at radius 3 is 2.55 bits per heavy atom. The molecule has 0 atom stereocenters. The van der Waals surface area contributed by atoms with E-state index in [2.05, 4.69) is 26.2 Å². The first kappa shape index (κ1) is 16.8. The monoisotopic (exact) mass is 274 g/mol. The Labute approximate surface area is 125 Å². The molecule has 0 amide bonds. The van der Waals surface area contributed by atoms with Gasteiger partial charge in [-0.2, -0.15) is 0 Å². The van der Waals surface area contributed by atoms with Crippen LogP contribution >= 0.6 is 0 Å². The number of ether oxygens (including phenoxy) is 1. The lowest BCUT2D eigenvalue weighted by Gasteiger charge is -2.21. The summed E-state index contributed by atoms with van der Waals surface area (Å²) < 4.78 is 5.32. The molecule has 0 aliphatic heterocycles. The summed E-state index contributed by atoms with van der Waals surface area (Å²) in [6.45, 7) is 11.9. The van der Waals surface area contributed by atoms with Crippen LogP contribution in [0.3, 0.4) is 0 Å². The zero-order chi connectivity index (χ0) is 14.8. The Kier molecular flexibility index (Phi) is 8.10. The molecule has 0 unspecified atom stereocenters. The lowest BCUT2D eigenvalue weighted by molar-refractivity contribution is 0.338. The van der Waals surface area contributed by atoms with Crippen molar-refractivity contribution in [1.29, 1.82) is 0 Å². The van der Waals surface area contributed by atoms with Gasteiger partial charge >= 0.3 is 0 Å². The average molecular weight is 274 g/mol. The summed E-state index contributed by atoms with van der Waals surface area (Å²) in [6.07, 6.45) is 16.1. The molecule has 0 spiro atoms. The van der Waals surface area contributed by atoms with Crippen LogP contribution in [0.25, 0.3) is 0 Å². The van der Waals surface area contributed by atoms with Crippen LogP contribution in [0, 0.1) is 5.92 Å². The van der Waals surface area contributed by atoms with E-state index in [4.69, 9.17) is 4.74 Å². The molecule has 0 aromatic heterocycles. The van der Waals surface area contributed by atoms with E-state index in [0.717, 1.165) is 18.1 Å². The van der Waals surface area contributed by atoms with Crippen molar-refractivity contribution in [3.63, 3.8) is 0 Å². The van der Waals surface area contributed by atoms with E-state index in [-0.39, 0.29) is 0 Å². The smallest absolute Gasteiger partial charge is 0.122 e. The predicted octanol–water partition coefficient (Wildman–Crippen LogP) is 6.30. The molecule has 0 heterocycles. The normalized spacial score (nSPS) is 17.9. The molecule has 0 aromatic carbocycles. The summed E-state index contributed by atoms with van der Waals surface area (Å²) in [4.78, 5) is 0. The lowest BCUT2D eigenvalue weighted by atomic mass is 9.85. The van der Waals surface area contributed by atoms with Crippen LogP contribution in [0.2, 0.25) is 0 Å². The third kappa shape index (κ3) is 6.79. The molecule has 1 aliphatic carbocycles. The van der Waals surface area contributed by atoms with E-state index in [1.165, 1.54) is 62.4 Å². The molecular formula is C19H30O. The zero-order valence-electron chi connectivity index (χ0n) is 13.3. The summed E-state index contributed by atoms with van der Waals surface area (Å²) in [5, 5.41) is 0. The molecule has 112 valence electrons. The molecule has 1 heteroatoms. The number of allylic oxidation sites excluding steroid dienone is 4. The Hall–Kier alpha value is -1.24. The fraction of sp³-hybridized carbons (Fsp3) is 0.579. The van der Waals surface area contributed by atoms with Crippen molar-refractivity contribution in [3.05, 3.63) is 48.5 Å². The van der Waals surface area contributed by atoms with Crippen LogP contribution in [0.4, 0.5) is 0 Å². The molecule has 1 saturated carbocycles. The van der Waals surface area contributed by atoms with Crippen molar-refractivity contribution in [2.45, 2.75) is 65.2 Å². The van der Waals surface area contributed by atoms with Crippen molar-refractivity contribution in [3.8, 4) is 0 Å². The first-order valence-corrected chi connectivity index (χ1v) is 7.93. The number of hydrogen-bond acceptors (Lipinski definition) is 1. The molecule has 20 heavy (non-hydrogen) atoms. The summed E-state index contributed by atoms with van der Waals surface area (Å²) >= 11 is 0. The molecule has 0 aromatic rings. The van der Waals surface area contributed by atoms with Crippen LogP contribution in [0.5, 0.6) is 0 Å². The Morgan fingerprint density at radius 2 is 1.95 bits per heavy atom. The number of hydrogen-bond donors (Lipinski definition) is 0. The van der Waals surface area contributed by atoms with Crippen LogP contribution in [-0.2, 0) is 4.74 Å². The van der Waals surface area contributed by atoms with E-state index < -0.39 is 0 Å². The van der Waals surface area contributed by atoms with E-state index in [0.29, 0.717) is 0 Å². The van der Waals surface area contributed by atoms with Crippen LogP contribution in [-0.4, -0.2) is 0 Å². The van der Waals surface area contributed by atoms with Crippen molar-refractivity contribution >= 4 is 0 Å². The van der Waals surface area contributed by atoms with Crippen molar-refractivity contribution in [2.75, 3.05) is 0 Å². The molecule has 0 bridgehead atoms. The van der Waals surface area contributed by atoms with E-state index in [1.54, 1.807) is 0 Å². The van der Waals surface area contributed by atoms with Gasteiger partial charge in [0.15, 0.2) is 0 Å². The highest BCUT2D eigenvalue weighted by atomic mass is 16.5. The third-order valence-corrected chi connectivity index (χ3v) is 4.05. The highest BCUT2D eigenvalue weighted by Gasteiger charge is 2.13. The topological polar surface area (TPSA) is 9.23 Å². The van der Waals surface area contributed by atoms with Gasteiger partial charge in [0.05, 0.1) is 6.26 Å². The molecule has 1 fully saturated rings. The molecule has 0 radical (unpaired) electrons. The van der Waals surface area contributed by atoms with Gasteiger partial charge in [-0.1, -0.05) is 56.4 Å². The molecule has 1 nitrogen and oxygen atoms in total. The second-order valence-corrected chi connectivity index (χ2v) is 5.94. The molecular weight excluding hydrogens is 244 g/mol. The van der Waals surface area contributed by atoms with Crippen molar-refractivity contribution in [1.82, 2.24) is 0 Å². The SMILES string of the molecule is C=COC(=C\C)/C=C(\C)CC(=C)CCC1CCCCC1. The molecule has 0 saturated heterocycles. The minimum absolute atomic E-state index is 0.859. The largest absolute Gasteiger partial charge is 0.466 e. The summed E-state index contributed by atoms with van der Waals surface area (Å²) in [6, 6.07) is 0. The van der Waals surface area contributed by atoms with Gasteiger partial charge in [-0.05, 0) is 51.2 Å². The highest BCUT2D eigenvalue weighted by Crippen LogP contribution is 2.29.